The van der Waals surface area contributed by atoms with Gasteiger partial charge < -0.3 is 15.4 Å². The molecule has 0 spiro atoms. The first-order valence-electron chi connectivity index (χ1n) is 8.60. The monoisotopic (exact) mass is 362 g/mol. The lowest BCUT2D eigenvalue weighted by Crippen LogP contribution is -2.04. The van der Waals surface area contributed by atoms with Crippen molar-refractivity contribution in [2.24, 2.45) is 0 Å². The van der Waals surface area contributed by atoms with Gasteiger partial charge in [-0.05, 0) is 50.1 Å². The van der Waals surface area contributed by atoms with Gasteiger partial charge in [-0.1, -0.05) is 24.3 Å². The van der Waals surface area contributed by atoms with Gasteiger partial charge in [0.2, 0.25) is 0 Å². The van der Waals surface area contributed by atoms with E-state index in [1.54, 1.807) is 18.2 Å². The molecular weight excluding hydrogens is 340 g/mol. The summed E-state index contributed by atoms with van der Waals surface area (Å²) in [6.07, 6.45) is 0. The molecule has 2 N–H and O–H groups in total. The van der Waals surface area contributed by atoms with Crippen LogP contribution in [-0.4, -0.2) is 23.0 Å². The molecule has 138 valence electrons. The van der Waals surface area contributed by atoms with Crippen molar-refractivity contribution in [3.63, 3.8) is 0 Å². The fourth-order valence-corrected chi connectivity index (χ4v) is 2.83. The topological polar surface area (TPSA) is 76.1 Å². The molecule has 3 rings (SSSR count). The van der Waals surface area contributed by atoms with Gasteiger partial charge in [-0.15, -0.1) is 0 Å². The first-order valence-corrected chi connectivity index (χ1v) is 8.60. The van der Waals surface area contributed by atoms with Gasteiger partial charge in [0.15, 0.2) is 0 Å². The lowest BCUT2D eigenvalue weighted by atomic mass is 10.1. The summed E-state index contributed by atoms with van der Waals surface area (Å²) in [6, 6.07) is 15.1. The standard InChI is InChI=1S/C21H22N4O2/c1-13-7-5-8-14(2)20(13)25-19-12-18(22-15(3)23-19)24-17-10-6-9-16(11-17)21(26)27-4/h5-12H,1-4H3,(H2,22,23,24,25). The van der Waals surface area contributed by atoms with E-state index in [2.05, 4.69) is 46.6 Å². The van der Waals surface area contributed by atoms with Crippen LogP contribution in [0.2, 0.25) is 0 Å². The Morgan fingerprint density at radius 2 is 1.52 bits per heavy atom. The zero-order valence-electron chi connectivity index (χ0n) is 15.8. The maximum Gasteiger partial charge on any atom is 0.337 e. The number of carbonyl (C=O) groups is 1. The van der Waals surface area contributed by atoms with Crippen molar-refractivity contribution >= 4 is 29.0 Å². The van der Waals surface area contributed by atoms with Crippen LogP contribution >= 0.6 is 0 Å². The SMILES string of the molecule is COC(=O)c1cccc(Nc2cc(Nc3c(C)cccc3C)nc(C)n2)c1. The number of rotatable bonds is 5. The Balaban J connectivity index is 1.87. The number of anilines is 4. The Hall–Kier alpha value is -3.41. The third-order valence-corrected chi connectivity index (χ3v) is 4.13. The van der Waals surface area contributed by atoms with Gasteiger partial charge in [-0.2, -0.15) is 0 Å². The summed E-state index contributed by atoms with van der Waals surface area (Å²) in [5.41, 5.74) is 4.54. The highest BCUT2D eigenvalue weighted by Crippen LogP contribution is 2.25. The average molecular weight is 362 g/mol. The summed E-state index contributed by atoms with van der Waals surface area (Å²) in [4.78, 5) is 20.6. The molecule has 1 aromatic heterocycles. The Labute approximate surface area is 158 Å². The number of methoxy groups -OCH3 is 1. The van der Waals surface area contributed by atoms with E-state index < -0.39 is 0 Å². The number of ether oxygens (including phenoxy) is 1. The molecule has 0 unspecified atom stereocenters. The maximum atomic E-state index is 11.7. The number of benzene rings is 2. The largest absolute Gasteiger partial charge is 0.465 e. The second-order valence-electron chi connectivity index (χ2n) is 6.27. The van der Waals surface area contributed by atoms with E-state index in [1.807, 2.05) is 25.1 Å². The predicted octanol–water partition coefficient (Wildman–Crippen LogP) is 4.68. The molecule has 0 amide bonds. The van der Waals surface area contributed by atoms with Gasteiger partial charge >= 0.3 is 5.97 Å². The van der Waals surface area contributed by atoms with Crippen molar-refractivity contribution in [2.45, 2.75) is 20.8 Å². The van der Waals surface area contributed by atoms with Crippen molar-refractivity contribution in [1.29, 1.82) is 0 Å². The Kier molecular flexibility index (Phi) is 5.35. The van der Waals surface area contributed by atoms with Crippen molar-refractivity contribution < 1.29 is 9.53 Å². The summed E-state index contributed by atoms with van der Waals surface area (Å²) in [5, 5.41) is 6.60. The van der Waals surface area contributed by atoms with E-state index >= 15 is 0 Å². The molecule has 0 saturated heterocycles. The first-order chi connectivity index (χ1) is 13.0. The third-order valence-electron chi connectivity index (χ3n) is 4.13. The molecule has 0 saturated carbocycles. The van der Waals surface area contributed by atoms with Crippen LogP contribution in [0, 0.1) is 20.8 Å². The van der Waals surface area contributed by atoms with Crippen molar-refractivity contribution in [3.05, 3.63) is 71.0 Å². The van der Waals surface area contributed by atoms with Crippen molar-refractivity contribution in [1.82, 2.24) is 9.97 Å². The fraction of sp³-hybridized carbons (Fsp3) is 0.190. The maximum absolute atomic E-state index is 11.7. The quantitative estimate of drug-likeness (QED) is 0.642. The van der Waals surface area contributed by atoms with Gasteiger partial charge in [0, 0.05) is 17.4 Å². The molecular formula is C21H22N4O2. The number of hydrogen-bond acceptors (Lipinski definition) is 6. The molecule has 1 heterocycles. The summed E-state index contributed by atoms with van der Waals surface area (Å²) in [6.45, 7) is 5.95. The van der Waals surface area contributed by atoms with Crippen LogP contribution in [0.5, 0.6) is 0 Å². The minimum absolute atomic E-state index is 0.380. The van der Waals surface area contributed by atoms with E-state index in [4.69, 9.17) is 4.74 Å². The van der Waals surface area contributed by atoms with E-state index in [0.717, 1.165) is 22.5 Å². The number of carbonyl (C=O) groups excluding carboxylic acids is 1. The molecule has 6 heteroatoms. The van der Waals surface area contributed by atoms with Crippen LogP contribution in [0.4, 0.5) is 23.0 Å². The van der Waals surface area contributed by atoms with Gasteiger partial charge in [0.05, 0.1) is 12.7 Å². The van der Waals surface area contributed by atoms with E-state index in [-0.39, 0.29) is 5.97 Å². The van der Waals surface area contributed by atoms with Crippen LogP contribution in [0.25, 0.3) is 0 Å². The highest BCUT2D eigenvalue weighted by Gasteiger charge is 2.09. The van der Waals surface area contributed by atoms with Crippen LogP contribution in [0.1, 0.15) is 27.3 Å². The minimum atomic E-state index is -0.380. The molecule has 6 nitrogen and oxygen atoms in total. The van der Waals surface area contributed by atoms with Crippen molar-refractivity contribution in [3.8, 4) is 0 Å². The number of nitrogens with one attached hydrogen (secondary N) is 2. The minimum Gasteiger partial charge on any atom is -0.465 e. The number of aryl methyl sites for hydroxylation is 3. The number of esters is 1. The predicted molar refractivity (Wildman–Crippen MR) is 107 cm³/mol. The Bertz CT molecular complexity index is 965. The third kappa shape index (κ3) is 4.41. The second-order valence-corrected chi connectivity index (χ2v) is 6.27. The summed E-state index contributed by atoms with van der Waals surface area (Å²) < 4.78 is 4.77. The fourth-order valence-electron chi connectivity index (χ4n) is 2.83. The zero-order valence-corrected chi connectivity index (χ0v) is 15.8. The molecule has 0 radical (unpaired) electrons. The Morgan fingerprint density at radius 3 is 2.19 bits per heavy atom. The summed E-state index contributed by atoms with van der Waals surface area (Å²) >= 11 is 0. The molecule has 27 heavy (non-hydrogen) atoms. The second kappa shape index (κ2) is 7.86. The first kappa shape index (κ1) is 18.4. The number of aromatic nitrogens is 2. The van der Waals surface area contributed by atoms with Gasteiger partial charge in [0.1, 0.15) is 17.5 Å². The summed E-state index contributed by atoms with van der Waals surface area (Å²) in [7, 11) is 1.36. The summed E-state index contributed by atoms with van der Waals surface area (Å²) in [5.74, 6) is 1.59. The highest BCUT2D eigenvalue weighted by atomic mass is 16.5. The lowest BCUT2D eigenvalue weighted by molar-refractivity contribution is 0.0601. The average Bonchev–Trinajstić information content (AvgIpc) is 2.64. The molecule has 0 aliphatic carbocycles. The van der Waals surface area contributed by atoms with E-state index in [9.17, 15) is 4.79 Å². The number of para-hydroxylation sites is 1. The van der Waals surface area contributed by atoms with E-state index in [1.165, 1.54) is 7.11 Å². The zero-order chi connectivity index (χ0) is 19.4. The number of hydrogen-bond donors (Lipinski definition) is 2. The molecule has 0 bridgehead atoms. The van der Waals surface area contributed by atoms with Crippen LogP contribution in [0.3, 0.4) is 0 Å². The molecule has 0 fully saturated rings. The lowest BCUT2D eigenvalue weighted by Gasteiger charge is -2.14. The normalized spacial score (nSPS) is 10.4. The van der Waals surface area contributed by atoms with Crippen LogP contribution in [-0.2, 0) is 4.74 Å². The van der Waals surface area contributed by atoms with Gasteiger partial charge in [-0.3, -0.25) is 0 Å². The van der Waals surface area contributed by atoms with Gasteiger partial charge in [-0.25, -0.2) is 14.8 Å². The molecule has 3 aromatic rings. The Morgan fingerprint density at radius 1 is 0.889 bits per heavy atom. The van der Waals surface area contributed by atoms with Crippen LogP contribution < -0.4 is 10.6 Å². The smallest absolute Gasteiger partial charge is 0.337 e. The van der Waals surface area contributed by atoms with Crippen LogP contribution in [0.15, 0.2) is 48.5 Å². The van der Waals surface area contributed by atoms with E-state index in [0.29, 0.717) is 23.0 Å². The highest BCUT2D eigenvalue weighted by molar-refractivity contribution is 5.90. The van der Waals surface area contributed by atoms with Crippen molar-refractivity contribution in [2.75, 3.05) is 17.7 Å². The molecule has 2 aromatic carbocycles. The molecule has 0 atom stereocenters. The number of nitrogens with zero attached hydrogens (tertiary/aromatic N) is 2. The molecule has 0 aliphatic rings. The molecule has 0 aliphatic heterocycles. The van der Waals surface area contributed by atoms with Gasteiger partial charge in [0.25, 0.3) is 0 Å².